The summed E-state index contributed by atoms with van der Waals surface area (Å²) in [6, 6.07) is -1.80. The van der Waals surface area contributed by atoms with E-state index in [4.69, 9.17) is 5.11 Å². The average molecular weight is 330 g/mol. The number of fused-ring (bicyclic) bond motifs is 2. The molecular formula is C13H19FN4O5. The Labute approximate surface area is 131 Å². The quantitative estimate of drug-likeness (QED) is 0.626. The monoisotopic (exact) mass is 330 g/mol. The van der Waals surface area contributed by atoms with Gasteiger partial charge in [0.2, 0.25) is 5.91 Å². The zero-order valence-electron chi connectivity index (χ0n) is 12.4. The highest BCUT2D eigenvalue weighted by atomic mass is 19.1. The fourth-order valence-electron chi connectivity index (χ4n) is 3.50. The third-order valence-corrected chi connectivity index (χ3v) is 4.74. The van der Waals surface area contributed by atoms with Crippen LogP contribution in [0.5, 0.6) is 0 Å². The van der Waals surface area contributed by atoms with E-state index in [0.29, 0.717) is 24.3 Å². The van der Waals surface area contributed by atoms with Crippen molar-refractivity contribution in [1.82, 2.24) is 20.2 Å². The second-order valence-electron chi connectivity index (χ2n) is 6.11. The number of hydrogen-bond donors (Lipinski definition) is 3. The summed E-state index contributed by atoms with van der Waals surface area (Å²) in [5.41, 5.74) is 0. The Morgan fingerprint density at radius 1 is 1.26 bits per heavy atom. The maximum absolute atomic E-state index is 14.1. The summed E-state index contributed by atoms with van der Waals surface area (Å²) in [6.45, 7) is 0.389. The molecule has 128 valence electrons. The molecule has 2 unspecified atom stereocenters. The maximum atomic E-state index is 14.1. The van der Waals surface area contributed by atoms with Crippen LogP contribution in [0.1, 0.15) is 25.7 Å². The molecule has 2 bridgehead atoms. The van der Waals surface area contributed by atoms with Gasteiger partial charge in [0.25, 0.3) is 0 Å². The van der Waals surface area contributed by atoms with Gasteiger partial charge >= 0.3 is 12.1 Å². The van der Waals surface area contributed by atoms with Gasteiger partial charge in [0.15, 0.2) is 0 Å². The number of carbonyl (C=O) groups excluding carboxylic acids is 2. The number of nitrogens with one attached hydrogen (secondary N) is 1. The Hall–Kier alpha value is -2.10. The summed E-state index contributed by atoms with van der Waals surface area (Å²) in [6.07, 6.45) is -2.64. The van der Waals surface area contributed by atoms with E-state index < -0.39 is 36.4 Å². The second-order valence-corrected chi connectivity index (χ2v) is 6.11. The fraction of sp³-hybridized carbons (Fsp3) is 0.769. The van der Waals surface area contributed by atoms with Crippen molar-refractivity contribution in [2.24, 2.45) is 0 Å². The van der Waals surface area contributed by atoms with E-state index in [-0.39, 0.29) is 25.6 Å². The van der Waals surface area contributed by atoms with Crippen LogP contribution in [-0.4, -0.2) is 80.7 Å². The SMILES string of the molecule is O=C(NC1C(F)CCCN1C(=O)O)[C@@H]1CC[C@@H]2CN1C(=O)N2O. The maximum Gasteiger partial charge on any atom is 0.409 e. The number of carbonyl (C=O) groups is 3. The van der Waals surface area contributed by atoms with Gasteiger partial charge in [-0.3, -0.25) is 14.9 Å². The fourth-order valence-corrected chi connectivity index (χ4v) is 3.50. The minimum atomic E-state index is -1.48. The Morgan fingerprint density at radius 2 is 2.00 bits per heavy atom. The lowest BCUT2D eigenvalue weighted by atomic mass is 9.99. The molecule has 3 fully saturated rings. The Bertz CT molecular complexity index is 532. The third kappa shape index (κ3) is 2.67. The number of alkyl halides is 1. The van der Waals surface area contributed by atoms with Crippen LogP contribution in [0.4, 0.5) is 14.0 Å². The number of likely N-dealkylation sites (tertiary alicyclic amines) is 1. The second kappa shape index (κ2) is 5.84. The van der Waals surface area contributed by atoms with Crippen molar-refractivity contribution < 1.29 is 29.1 Å². The molecule has 0 aromatic carbocycles. The van der Waals surface area contributed by atoms with Crippen LogP contribution in [0.25, 0.3) is 0 Å². The highest BCUT2D eigenvalue weighted by molar-refractivity contribution is 5.88. The van der Waals surface area contributed by atoms with E-state index in [1.807, 2.05) is 0 Å². The number of piperidine rings is 2. The molecule has 10 heteroatoms. The van der Waals surface area contributed by atoms with Crippen LogP contribution in [-0.2, 0) is 4.79 Å². The normalized spacial score (nSPS) is 33.8. The molecular weight excluding hydrogens is 311 g/mol. The molecule has 3 aliphatic rings. The molecule has 0 spiro atoms. The highest BCUT2D eigenvalue weighted by Crippen LogP contribution is 2.29. The van der Waals surface area contributed by atoms with Gasteiger partial charge in [-0.05, 0) is 25.7 Å². The van der Waals surface area contributed by atoms with Gasteiger partial charge in [-0.15, -0.1) is 0 Å². The topological polar surface area (TPSA) is 113 Å². The van der Waals surface area contributed by atoms with Crippen molar-refractivity contribution in [3.63, 3.8) is 0 Å². The van der Waals surface area contributed by atoms with Crippen LogP contribution < -0.4 is 5.32 Å². The van der Waals surface area contributed by atoms with Crippen LogP contribution in [0.2, 0.25) is 0 Å². The number of hydroxylamine groups is 2. The number of halogens is 1. The van der Waals surface area contributed by atoms with E-state index in [1.54, 1.807) is 0 Å². The molecule has 23 heavy (non-hydrogen) atoms. The van der Waals surface area contributed by atoms with Crippen molar-refractivity contribution in [3.05, 3.63) is 0 Å². The zero-order valence-corrected chi connectivity index (χ0v) is 12.4. The molecule has 3 heterocycles. The molecule has 0 aromatic heterocycles. The molecule has 0 saturated carbocycles. The summed E-state index contributed by atoms with van der Waals surface area (Å²) in [4.78, 5) is 37.6. The van der Waals surface area contributed by atoms with Crippen molar-refractivity contribution >= 4 is 18.0 Å². The van der Waals surface area contributed by atoms with Crippen LogP contribution in [0.15, 0.2) is 0 Å². The first-order chi connectivity index (χ1) is 10.9. The van der Waals surface area contributed by atoms with Crippen LogP contribution in [0, 0.1) is 0 Å². The third-order valence-electron chi connectivity index (χ3n) is 4.74. The van der Waals surface area contributed by atoms with Crippen molar-refractivity contribution in [2.75, 3.05) is 13.1 Å². The van der Waals surface area contributed by atoms with Crippen molar-refractivity contribution in [2.45, 2.75) is 50.1 Å². The molecule has 3 aliphatic heterocycles. The van der Waals surface area contributed by atoms with E-state index >= 15 is 0 Å². The smallest absolute Gasteiger partial charge is 0.409 e. The molecule has 3 rings (SSSR count). The number of rotatable bonds is 2. The Kier molecular flexibility index (Phi) is 4.00. The van der Waals surface area contributed by atoms with Gasteiger partial charge in [-0.1, -0.05) is 0 Å². The highest BCUT2D eigenvalue weighted by Gasteiger charge is 2.47. The van der Waals surface area contributed by atoms with Crippen molar-refractivity contribution in [3.8, 4) is 0 Å². The standard InChI is InChI=1S/C13H19FN4O5/c14-8-2-1-5-16(13(21)22)10(8)15-11(19)9-4-3-7-6-17(9)12(20)18(7)23/h7-10,23H,1-6H2,(H,15,19)(H,21,22)/t7-,8?,9+,10?/m1/s1. The summed E-state index contributed by atoms with van der Waals surface area (Å²) in [5.74, 6) is -0.590. The van der Waals surface area contributed by atoms with Gasteiger partial charge in [-0.25, -0.2) is 19.0 Å². The largest absolute Gasteiger partial charge is 0.465 e. The number of carboxylic acid groups (broad SMARTS) is 1. The van der Waals surface area contributed by atoms with E-state index in [9.17, 15) is 24.0 Å². The van der Waals surface area contributed by atoms with Gasteiger partial charge < -0.3 is 15.3 Å². The molecule has 0 aromatic rings. The van der Waals surface area contributed by atoms with Gasteiger partial charge in [0.1, 0.15) is 18.4 Å². The van der Waals surface area contributed by atoms with E-state index in [0.717, 1.165) is 4.90 Å². The molecule has 4 atom stereocenters. The zero-order chi connectivity index (χ0) is 16.7. The lowest BCUT2D eigenvalue weighted by Crippen LogP contribution is -2.61. The molecule has 3 N–H and O–H groups in total. The molecule has 9 nitrogen and oxygen atoms in total. The lowest BCUT2D eigenvalue weighted by molar-refractivity contribution is -0.129. The van der Waals surface area contributed by atoms with E-state index in [2.05, 4.69) is 5.32 Å². The molecule has 3 saturated heterocycles. The number of hydrogen-bond acceptors (Lipinski definition) is 4. The number of nitrogens with zero attached hydrogens (tertiary/aromatic N) is 3. The minimum Gasteiger partial charge on any atom is -0.465 e. The number of urea groups is 1. The Balaban J connectivity index is 1.70. The molecule has 0 radical (unpaired) electrons. The summed E-state index contributed by atoms with van der Waals surface area (Å²) in [7, 11) is 0. The summed E-state index contributed by atoms with van der Waals surface area (Å²) >= 11 is 0. The summed E-state index contributed by atoms with van der Waals surface area (Å²) in [5, 5.41) is 21.8. The average Bonchev–Trinajstić information content (AvgIpc) is 2.74. The van der Waals surface area contributed by atoms with E-state index in [1.165, 1.54) is 4.90 Å². The number of amides is 4. The predicted molar refractivity (Wildman–Crippen MR) is 73.3 cm³/mol. The first-order valence-corrected chi connectivity index (χ1v) is 7.63. The lowest BCUT2D eigenvalue weighted by Gasteiger charge is -2.38. The Morgan fingerprint density at radius 3 is 2.70 bits per heavy atom. The molecule has 0 aliphatic carbocycles. The van der Waals surface area contributed by atoms with Crippen molar-refractivity contribution in [1.29, 1.82) is 0 Å². The summed E-state index contributed by atoms with van der Waals surface area (Å²) < 4.78 is 14.1. The first-order valence-electron chi connectivity index (χ1n) is 7.63. The molecule has 4 amide bonds. The minimum absolute atomic E-state index is 0.153. The first kappa shape index (κ1) is 15.8. The van der Waals surface area contributed by atoms with Gasteiger partial charge in [0, 0.05) is 13.1 Å². The van der Waals surface area contributed by atoms with Gasteiger partial charge in [-0.2, -0.15) is 0 Å². The van der Waals surface area contributed by atoms with Crippen LogP contribution >= 0.6 is 0 Å². The predicted octanol–water partition coefficient (Wildman–Crippen LogP) is 0.198. The van der Waals surface area contributed by atoms with Crippen LogP contribution in [0.3, 0.4) is 0 Å². The van der Waals surface area contributed by atoms with Gasteiger partial charge in [0.05, 0.1) is 6.04 Å².